The Kier molecular flexibility index (Phi) is 6.98. The monoisotopic (exact) mass is 528 g/mol. The summed E-state index contributed by atoms with van der Waals surface area (Å²) in [6.45, 7) is 6.01. The molecule has 11 heteroatoms. The Hall–Kier alpha value is -3.34. The second kappa shape index (κ2) is 10.2. The van der Waals surface area contributed by atoms with E-state index >= 15 is 0 Å². The number of hydrogen-bond donors (Lipinski definition) is 1. The van der Waals surface area contributed by atoms with E-state index in [2.05, 4.69) is 20.2 Å². The van der Waals surface area contributed by atoms with Crippen molar-refractivity contribution in [2.75, 3.05) is 18.4 Å². The number of benzene rings is 1. The van der Waals surface area contributed by atoms with Crippen molar-refractivity contribution in [3.8, 4) is 11.3 Å². The Morgan fingerprint density at radius 2 is 1.84 bits per heavy atom. The molecule has 0 bridgehead atoms. The predicted octanol–water partition coefficient (Wildman–Crippen LogP) is 6.11. The normalized spacial score (nSPS) is 18.8. The van der Waals surface area contributed by atoms with Crippen LogP contribution in [0.2, 0.25) is 5.02 Å². The Balaban J connectivity index is 1.54. The molecule has 1 aliphatic rings. The van der Waals surface area contributed by atoms with Gasteiger partial charge in [0.05, 0.1) is 46.9 Å². The highest BCUT2D eigenvalue weighted by molar-refractivity contribution is 6.33. The van der Waals surface area contributed by atoms with Gasteiger partial charge in [-0.1, -0.05) is 17.7 Å². The van der Waals surface area contributed by atoms with Crippen LogP contribution in [-0.2, 0) is 17.5 Å². The maximum absolute atomic E-state index is 13.0. The van der Waals surface area contributed by atoms with Gasteiger partial charge in [0.15, 0.2) is 0 Å². The molecule has 1 aromatic carbocycles. The van der Waals surface area contributed by atoms with Crippen LogP contribution in [0.25, 0.3) is 22.2 Å². The van der Waals surface area contributed by atoms with E-state index in [4.69, 9.17) is 26.3 Å². The van der Waals surface area contributed by atoms with Crippen LogP contribution < -0.4 is 5.32 Å². The van der Waals surface area contributed by atoms with Crippen molar-refractivity contribution in [3.05, 3.63) is 71.4 Å². The van der Waals surface area contributed by atoms with Crippen LogP contribution in [0.3, 0.4) is 0 Å². The molecule has 1 aliphatic heterocycles. The first-order valence-corrected chi connectivity index (χ1v) is 12.1. The van der Waals surface area contributed by atoms with Crippen LogP contribution in [0.1, 0.15) is 25.4 Å². The Morgan fingerprint density at radius 3 is 2.51 bits per heavy atom. The van der Waals surface area contributed by atoms with Crippen LogP contribution in [0, 0.1) is 0 Å². The van der Waals surface area contributed by atoms with Crippen molar-refractivity contribution in [1.82, 2.24) is 24.8 Å². The molecule has 1 N–H and O–H groups in total. The van der Waals surface area contributed by atoms with Gasteiger partial charge in [-0.05, 0) is 50.2 Å². The number of morpholine rings is 1. The van der Waals surface area contributed by atoms with E-state index < -0.39 is 11.9 Å². The minimum atomic E-state index is -4.51. The van der Waals surface area contributed by atoms with Gasteiger partial charge in [-0.2, -0.15) is 13.2 Å². The number of halogens is 4. The highest BCUT2D eigenvalue weighted by Crippen LogP contribution is 2.32. The zero-order valence-corrected chi connectivity index (χ0v) is 20.9. The number of aromatic nitrogens is 4. The molecule has 0 radical (unpaired) electrons. The predicted molar refractivity (Wildman–Crippen MR) is 136 cm³/mol. The van der Waals surface area contributed by atoms with Gasteiger partial charge in [0.2, 0.25) is 0 Å². The summed E-state index contributed by atoms with van der Waals surface area (Å²) in [5.74, 6) is 1.04. The van der Waals surface area contributed by atoms with E-state index in [1.165, 1.54) is 6.07 Å². The molecular weight excluding hydrogens is 505 g/mol. The molecular formula is C26H24ClF3N6O. The summed E-state index contributed by atoms with van der Waals surface area (Å²) < 4.78 is 44.7. The smallest absolute Gasteiger partial charge is 0.373 e. The Morgan fingerprint density at radius 1 is 1.05 bits per heavy atom. The van der Waals surface area contributed by atoms with Crippen LogP contribution in [0.4, 0.5) is 24.7 Å². The van der Waals surface area contributed by atoms with Gasteiger partial charge in [0.1, 0.15) is 17.3 Å². The van der Waals surface area contributed by atoms with Gasteiger partial charge in [-0.3, -0.25) is 9.88 Å². The molecule has 0 unspecified atom stereocenters. The molecule has 2 atom stereocenters. The van der Waals surface area contributed by atoms with Gasteiger partial charge < -0.3 is 10.1 Å². The minimum absolute atomic E-state index is 0.0814. The molecule has 1 fully saturated rings. The summed E-state index contributed by atoms with van der Waals surface area (Å²) in [6.07, 6.45) is -1.54. The molecule has 37 heavy (non-hydrogen) atoms. The van der Waals surface area contributed by atoms with Crippen molar-refractivity contribution in [2.45, 2.75) is 38.8 Å². The first-order valence-electron chi connectivity index (χ1n) is 11.8. The first kappa shape index (κ1) is 25.3. The lowest BCUT2D eigenvalue weighted by Crippen LogP contribution is -2.45. The van der Waals surface area contributed by atoms with Gasteiger partial charge in [0.25, 0.3) is 0 Å². The quantitative estimate of drug-likeness (QED) is 0.335. The molecule has 7 nitrogen and oxygen atoms in total. The van der Waals surface area contributed by atoms with Crippen molar-refractivity contribution in [3.63, 3.8) is 0 Å². The molecule has 3 aromatic heterocycles. The summed E-state index contributed by atoms with van der Waals surface area (Å²) in [5.41, 5.74) is 1.49. The number of anilines is 2. The highest BCUT2D eigenvalue weighted by atomic mass is 35.5. The van der Waals surface area contributed by atoms with Crippen molar-refractivity contribution < 1.29 is 17.9 Å². The topological polar surface area (TPSA) is 76.1 Å². The third-order valence-electron chi connectivity index (χ3n) is 5.95. The molecule has 4 aromatic rings. The number of hydrogen-bond acceptors (Lipinski definition) is 7. The van der Waals surface area contributed by atoms with Crippen molar-refractivity contribution in [2.24, 2.45) is 0 Å². The lowest BCUT2D eigenvalue weighted by molar-refractivity contribution is -0.141. The highest BCUT2D eigenvalue weighted by Gasteiger charge is 2.32. The van der Waals surface area contributed by atoms with E-state index in [9.17, 15) is 13.2 Å². The standard InChI is InChI=1S/C26H24ClF3N6O/c1-15-12-36(13-16(2)37-15)14-23-34-21-10-17(24-20(27)4-3-9-31-24)5-7-19(21)25(35-23)33-18-6-8-22(32-11-18)26(28,29)30/h3-11,15-16H,12-14H2,1-2H3,(H,33,34,35)/t15-,16-/m1/s1. The van der Waals surface area contributed by atoms with Gasteiger partial charge >= 0.3 is 6.18 Å². The number of nitrogens with one attached hydrogen (secondary N) is 1. The fourth-order valence-electron chi connectivity index (χ4n) is 4.47. The Bertz CT molecular complexity index is 1410. The number of nitrogens with zero attached hydrogens (tertiary/aromatic N) is 5. The summed E-state index contributed by atoms with van der Waals surface area (Å²) in [6, 6.07) is 11.4. The average Bonchev–Trinajstić information content (AvgIpc) is 2.83. The second-order valence-electron chi connectivity index (χ2n) is 9.06. The van der Waals surface area contributed by atoms with E-state index in [0.29, 0.717) is 45.5 Å². The second-order valence-corrected chi connectivity index (χ2v) is 9.47. The molecule has 0 spiro atoms. The van der Waals surface area contributed by atoms with Gasteiger partial charge in [-0.25, -0.2) is 15.0 Å². The van der Waals surface area contributed by atoms with E-state index in [1.54, 1.807) is 18.3 Å². The minimum Gasteiger partial charge on any atom is -0.373 e. The lowest BCUT2D eigenvalue weighted by Gasteiger charge is -2.34. The fourth-order valence-corrected chi connectivity index (χ4v) is 4.71. The lowest BCUT2D eigenvalue weighted by atomic mass is 10.1. The molecule has 5 rings (SSSR count). The third-order valence-corrected chi connectivity index (χ3v) is 6.26. The SMILES string of the molecule is C[C@@H]1CN(Cc2nc(Nc3ccc(C(F)(F)F)nc3)c3ccc(-c4ncccc4Cl)cc3n2)C[C@@H](C)O1. The van der Waals surface area contributed by atoms with Crippen LogP contribution in [0.15, 0.2) is 54.9 Å². The number of ether oxygens (including phenoxy) is 1. The zero-order valence-electron chi connectivity index (χ0n) is 20.1. The summed E-state index contributed by atoms with van der Waals surface area (Å²) in [5, 5.41) is 4.34. The summed E-state index contributed by atoms with van der Waals surface area (Å²) in [7, 11) is 0. The zero-order chi connectivity index (χ0) is 26.2. The number of rotatable bonds is 5. The largest absolute Gasteiger partial charge is 0.433 e. The Labute approximate surface area is 216 Å². The fraction of sp³-hybridized carbons (Fsp3) is 0.308. The molecule has 1 saturated heterocycles. The van der Waals surface area contributed by atoms with Crippen LogP contribution in [-0.4, -0.2) is 50.1 Å². The number of pyridine rings is 2. The number of fused-ring (bicyclic) bond motifs is 1. The van der Waals surface area contributed by atoms with E-state index in [-0.39, 0.29) is 12.2 Å². The van der Waals surface area contributed by atoms with Crippen LogP contribution in [0.5, 0.6) is 0 Å². The van der Waals surface area contributed by atoms with Gasteiger partial charge in [0, 0.05) is 30.2 Å². The maximum atomic E-state index is 13.0. The third kappa shape index (κ3) is 5.82. The summed E-state index contributed by atoms with van der Waals surface area (Å²) >= 11 is 6.37. The van der Waals surface area contributed by atoms with Crippen molar-refractivity contribution >= 4 is 34.0 Å². The number of alkyl halides is 3. The van der Waals surface area contributed by atoms with E-state index in [0.717, 1.165) is 30.9 Å². The van der Waals surface area contributed by atoms with Gasteiger partial charge in [-0.15, -0.1) is 0 Å². The molecule has 0 saturated carbocycles. The summed E-state index contributed by atoms with van der Waals surface area (Å²) in [4.78, 5) is 19.7. The molecule has 4 heterocycles. The molecule has 192 valence electrons. The maximum Gasteiger partial charge on any atom is 0.433 e. The van der Waals surface area contributed by atoms with E-state index in [1.807, 2.05) is 32.0 Å². The molecule has 0 aliphatic carbocycles. The molecule has 0 amide bonds. The average molecular weight is 529 g/mol. The first-order chi connectivity index (χ1) is 17.7. The van der Waals surface area contributed by atoms with Crippen molar-refractivity contribution in [1.29, 1.82) is 0 Å². The van der Waals surface area contributed by atoms with Crippen LogP contribution >= 0.6 is 11.6 Å².